The molecular formula is C22H27N3O2S. The molecule has 0 amide bonds. The number of fused-ring (bicyclic) bond motifs is 4. The average molecular weight is 398 g/mol. The number of nitrogen functional groups attached to an aromatic ring is 1. The van der Waals surface area contributed by atoms with Crippen molar-refractivity contribution in [3.05, 3.63) is 59.7 Å². The van der Waals surface area contributed by atoms with Crippen LogP contribution in [0.15, 0.2) is 53.4 Å². The van der Waals surface area contributed by atoms with Crippen LogP contribution in [0, 0.1) is 5.92 Å². The summed E-state index contributed by atoms with van der Waals surface area (Å²) in [6.07, 6.45) is 4.03. The van der Waals surface area contributed by atoms with Crippen LogP contribution in [-0.4, -0.2) is 43.3 Å². The summed E-state index contributed by atoms with van der Waals surface area (Å²) in [4.78, 5) is 2.94. The lowest BCUT2D eigenvalue weighted by Crippen LogP contribution is -2.57. The lowest BCUT2D eigenvalue weighted by molar-refractivity contribution is 0.0220. The molecule has 3 heterocycles. The summed E-state index contributed by atoms with van der Waals surface area (Å²) in [5, 5.41) is 0. The van der Waals surface area contributed by atoms with Gasteiger partial charge in [-0.15, -0.1) is 0 Å². The van der Waals surface area contributed by atoms with Crippen LogP contribution >= 0.6 is 0 Å². The van der Waals surface area contributed by atoms with E-state index in [0.717, 1.165) is 38.8 Å². The van der Waals surface area contributed by atoms with Gasteiger partial charge in [0.15, 0.2) is 0 Å². The van der Waals surface area contributed by atoms with Gasteiger partial charge < -0.3 is 5.73 Å². The van der Waals surface area contributed by atoms with Crippen molar-refractivity contribution in [1.29, 1.82) is 0 Å². The number of nitrogens with two attached hydrogens (primary N) is 1. The van der Waals surface area contributed by atoms with Gasteiger partial charge in [-0.25, -0.2) is 8.42 Å². The predicted molar refractivity (Wildman–Crippen MR) is 110 cm³/mol. The second kappa shape index (κ2) is 6.87. The Morgan fingerprint density at radius 2 is 1.79 bits per heavy atom. The van der Waals surface area contributed by atoms with E-state index in [1.54, 1.807) is 28.6 Å². The Morgan fingerprint density at radius 1 is 1.00 bits per heavy atom. The molecule has 148 valence electrons. The molecule has 0 spiro atoms. The van der Waals surface area contributed by atoms with Crippen molar-refractivity contribution in [3.8, 4) is 0 Å². The molecule has 2 aromatic carbocycles. The number of piperidine rings is 2. The van der Waals surface area contributed by atoms with Crippen LogP contribution in [0.4, 0.5) is 5.69 Å². The predicted octanol–water partition coefficient (Wildman–Crippen LogP) is 3.04. The molecule has 2 fully saturated rings. The Balaban J connectivity index is 1.48. The van der Waals surface area contributed by atoms with E-state index in [-0.39, 0.29) is 6.04 Å². The molecule has 0 bridgehead atoms. The van der Waals surface area contributed by atoms with Gasteiger partial charge >= 0.3 is 0 Å². The quantitative estimate of drug-likeness (QED) is 0.791. The summed E-state index contributed by atoms with van der Waals surface area (Å²) in [7, 11) is -3.51. The highest BCUT2D eigenvalue weighted by Crippen LogP contribution is 2.44. The zero-order valence-electron chi connectivity index (χ0n) is 16.0. The summed E-state index contributed by atoms with van der Waals surface area (Å²) < 4.78 is 28.7. The number of rotatable bonds is 2. The molecule has 3 atom stereocenters. The highest BCUT2D eigenvalue weighted by molar-refractivity contribution is 7.89. The van der Waals surface area contributed by atoms with Gasteiger partial charge in [0, 0.05) is 37.4 Å². The van der Waals surface area contributed by atoms with E-state index in [0.29, 0.717) is 29.1 Å². The monoisotopic (exact) mass is 397 g/mol. The maximum absolute atomic E-state index is 13.4. The largest absolute Gasteiger partial charge is 0.399 e. The molecule has 0 aliphatic carbocycles. The van der Waals surface area contributed by atoms with Crippen LogP contribution in [0.5, 0.6) is 0 Å². The van der Waals surface area contributed by atoms with Crippen molar-refractivity contribution in [3.63, 3.8) is 0 Å². The SMILES string of the molecule is Nc1ccc(S(=O)(=O)N2CCCC3CN4CCc5ccccc5C4CC32)cc1. The Hall–Kier alpha value is -1.89. The fourth-order valence-corrected chi connectivity index (χ4v) is 7.16. The van der Waals surface area contributed by atoms with Crippen molar-refractivity contribution in [1.82, 2.24) is 9.21 Å². The number of sulfonamides is 1. The summed E-state index contributed by atoms with van der Waals surface area (Å²) in [6.45, 7) is 2.69. The number of hydrogen-bond donors (Lipinski definition) is 1. The number of hydrogen-bond acceptors (Lipinski definition) is 4. The molecule has 5 rings (SSSR count). The highest BCUT2D eigenvalue weighted by Gasteiger charge is 2.46. The zero-order valence-corrected chi connectivity index (χ0v) is 16.8. The molecule has 2 saturated heterocycles. The molecule has 0 radical (unpaired) electrons. The van der Waals surface area contributed by atoms with Crippen LogP contribution < -0.4 is 5.73 Å². The van der Waals surface area contributed by atoms with Crippen LogP contribution in [0.2, 0.25) is 0 Å². The third-order valence-electron chi connectivity index (χ3n) is 6.81. The van der Waals surface area contributed by atoms with Gasteiger partial charge in [0.25, 0.3) is 0 Å². The molecule has 3 aliphatic heterocycles. The standard InChI is InChI=1S/C22H27N3O2S/c23-18-7-9-19(10-8-18)28(26,27)25-12-3-5-17-15-24-13-11-16-4-1-2-6-20(16)22(24)14-21(17)25/h1-2,4,6-10,17,21-22H,3,5,11-15,23H2. The lowest BCUT2D eigenvalue weighted by Gasteiger charge is -2.51. The number of nitrogens with zero attached hydrogens (tertiary/aromatic N) is 2. The second-order valence-corrected chi connectivity index (χ2v) is 10.2. The first kappa shape index (κ1) is 18.2. The molecule has 0 aromatic heterocycles. The van der Waals surface area contributed by atoms with Crippen molar-refractivity contribution in [2.45, 2.75) is 42.7 Å². The zero-order chi connectivity index (χ0) is 19.3. The molecule has 0 saturated carbocycles. The van der Waals surface area contributed by atoms with Crippen LogP contribution in [0.1, 0.15) is 36.4 Å². The van der Waals surface area contributed by atoms with E-state index in [2.05, 4.69) is 29.2 Å². The molecule has 5 nitrogen and oxygen atoms in total. The molecular weight excluding hydrogens is 370 g/mol. The van der Waals surface area contributed by atoms with E-state index < -0.39 is 10.0 Å². The highest BCUT2D eigenvalue weighted by atomic mass is 32.2. The minimum atomic E-state index is -3.51. The first-order valence-corrected chi connectivity index (χ1v) is 11.7. The fourth-order valence-electron chi connectivity index (χ4n) is 5.43. The Kier molecular flexibility index (Phi) is 4.45. The van der Waals surface area contributed by atoms with E-state index in [1.165, 1.54) is 11.1 Å². The Morgan fingerprint density at radius 3 is 2.61 bits per heavy atom. The third kappa shape index (κ3) is 2.95. The fraction of sp³-hybridized carbons (Fsp3) is 0.455. The van der Waals surface area contributed by atoms with Crippen LogP contribution in [0.3, 0.4) is 0 Å². The van der Waals surface area contributed by atoms with E-state index in [4.69, 9.17) is 5.73 Å². The number of anilines is 1. The smallest absolute Gasteiger partial charge is 0.243 e. The van der Waals surface area contributed by atoms with Crippen molar-refractivity contribution in [2.75, 3.05) is 25.4 Å². The molecule has 3 unspecified atom stereocenters. The molecule has 28 heavy (non-hydrogen) atoms. The van der Waals surface area contributed by atoms with Gasteiger partial charge in [-0.1, -0.05) is 24.3 Å². The lowest BCUT2D eigenvalue weighted by atomic mass is 9.77. The first-order valence-electron chi connectivity index (χ1n) is 10.2. The molecule has 2 N–H and O–H groups in total. The van der Waals surface area contributed by atoms with Gasteiger partial charge in [-0.3, -0.25) is 4.90 Å². The van der Waals surface area contributed by atoms with Gasteiger partial charge in [0.1, 0.15) is 0 Å². The van der Waals surface area contributed by atoms with E-state index in [1.807, 2.05) is 0 Å². The maximum atomic E-state index is 13.4. The normalized spacial score (nSPS) is 28.2. The average Bonchev–Trinajstić information content (AvgIpc) is 2.72. The minimum absolute atomic E-state index is 0.0729. The van der Waals surface area contributed by atoms with Gasteiger partial charge in [-0.2, -0.15) is 4.31 Å². The first-order chi connectivity index (χ1) is 13.5. The summed E-state index contributed by atoms with van der Waals surface area (Å²) in [5.74, 6) is 0.416. The summed E-state index contributed by atoms with van der Waals surface area (Å²) in [5.41, 5.74) is 9.16. The molecule has 3 aliphatic rings. The van der Waals surface area contributed by atoms with Crippen LogP contribution in [-0.2, 0) is 16.4 Å². The van der Waals surface area contributed by atoms with Gasteiger partial charge in [-0.05, 0) is 67.0 Å². The Labute approximate surface area is 167 Å². The maximum Gasteiger partial charge on any atom is 0.243 e. The van der Waals surface area contributed by atoms with Gasteiger partial charge in [0.2, 0.25) is 10.0 Å². The van der Waals surface area contributed by atoms with Crippen LogP contribution in [0.25, 0.3) is 0 Å². The Bertz CT molecular complexity index is 974. The molecule has 6 heteroatoms. The van der Waals surface area contributed by atoms with Crippen molar-refractivity contribution >= 4 is 15.7 Å². The number of benzene rings is 2. The minimum Gasteiger partial charge on any atom is -0.399 e. The van der Waals surface area contributed by atoms with E-state index >= 15 is 0 Å². The third-order valence-corrected chi connectivity index (χ3v) is 8.75. The molecule has 2 aromatic rings. The second-order valence-electron chi connectivity index (χ2n) is 8.35. The summed E-state index contributed by atoms with van der Waals surface area (Å²) >= 11 is 0. The van der Waals surface area contributed by atoms with E-state index in [9.17, 15) is 8.42 Å². The topological polar surface area (TPSA) is 66.6 Å². The van der Waals surface area contributed by atoms with Crippen molar-refractivity contribution in [2.24, 2.45) is 5.92 Å². The van der Waals surface area contributed by atoms with Crippen molar-refractivity contribution < 1.29 is 8.42 Å². The summed E-state index contributed by atoms with van der Waals surface area (Å²) in [6, 6.07) is 15.7. The van der Waals surface area contributed by atoms with Gasteiger partial charge in [0.05, 0.1) is 4.90 Å².